The predicted molar refractivity (Wildman–Crippen MR) is 110 cm³/mol. The second kappa shape index (κ2) is 8.05. The van der Waals surface area contributed by atoms with Gasteiger partial charge >= 0.3 is 0 Å². The maximum Gasteiger partial charge on any atom is 0.228 e. The number of carbonyl (C=O) groups excluding carboxylic acids is 1. The van der Waals surface area contributed by atoms with Gasteiger partial charge in [-0.3, -0.25) is 4.79 Å². The first-order valence-corrected chi connectivity index (χ1v) is 11.6. The van der Waals surface area contributed by atoms with Crippen LogP contribution in [0.1, 0.15) is 36.0 Å². The molecule has 0 saturated carbocycles. The number of carbonyl (C=O) groups is 1. The van der Waals surface area contributed by atoms with Gasteiger partial charge in [0.2, 0.25) is 15.9 Å². The molecule has 2 aromatic rings. The molecule has 6 heteroatoms. The van der Waals surface area contributed by atoms with Gasteiger partial charge in [0.15, 0.2) is 0 Å². The van der Waals surface area contributed by atoms with E-state index in [1.165, 1.54) is 21.9 Å². The molecule has 148 valence electrons. The molecule has 2 aliphatic rings. The zero-order valence-corrected chi connectivity index (χ0v) is 16.7. The number of fused-ring (bicyclic) bond motifs is 1. The van der Waals surface area contributed by atoms with Gasteiger partial charge in [0.05, 0.1) is 11.7 Å². The minimum atomic E-state index is -3.43. The highest BCUT2D eigenvalue weighted by Crippen LogP contribution is 2.26. The Morgan fingerprint density at radius 1 is 1.04 bits per heavy atom. The maximum absolute atomic E-state index is 12.8. The van der Waals surface area contributed by atoms with E-state index in [9.17, 15) is 13.2 Å². The Morgan fingerprint density at radius 2 is 1.82 bits per heavy atom. The van der Waals surface area contributed by atoms with Crippen LogP contribution in [-0.4, -0.2) is 31.7 Å². The molecular formula is C22H26N2O3S. The van der Waals surface area contributed by atoms with E-state index >= 15 is 0 Å². The molecule has 5 nitrogen and oxygen atoms in total. The smallest absolute Gasteiger partial charge is 0.228 e. The number of aryl methyl sites for hydroxylation is 2. The van der Waals surface area contributed by atoms with E-state index in [1.54, 1.807) is 0 Å². The third kappa shape index (κ3) is 4.28. The first kappa shape index (κ1) is 19.2. The summed E-state index contributed by atoms with van der Waals surface area (Å²) in [6.45, 7) is 0.740. The van der Waals surface area contributed by atoms with Crippen molar-refractivity contribution in [1.29, 1.82) is 0 Å². The van der Waals surface area contributed by atoms with Crippen LogP contribution in [0.4, 0.5) is 5.69 Å². The molecule has 0 spiro atoms. The van der Waals surface area contributed by atoms with E-state index in [1.807, 2.05) is 36.4 Å². The molecule has 1 fully saturated rings. The monoisotopic (exact) mass is 398 g/mol. The number of piperidine rings is 1. The van der Waals surface area contributed by atoms with Crippen LogP contribution in [0.25, 0.3) is 0 Å². The van der Waals surface area contributed by atoms with Gasteiger partial charge in [-0.2, -0.15) is 0 Å². The molecule has 1 aliphatic heterocycles. The Morgan fingerprint density at radius 3 is 2.64 bits per heavy atom. The lowest BCUT2D eigenvalue weighted by Gasteiger charge is -2.31. The number of rotatable bonds is 5. The van der Waals surface area contributed by atoms with Gasteiger partial charge < -0.3 is 5.32 Å². The molecule has 1 heterocycles. The second-order valence-corrected chi connectivity index (χ2v) is 9.73. The minimum Gasteiger partial charge on any atom is -0.326 e. The summed E-state index contributed by atoms with van der Waals surface area (Å²) in [6.07, 6.45) is 4.77. The Balaban J connectivity index is 1.41. The maximum atomic E-state index is 12.8. The van der Waals surface area contributed by atoms with Crippen molar-refractivity contribution in [2.45, 2.75) is 37.9 Å². The lowest BCUT2D eigenvalue weighted by molar-refractivity contribution is -0.120. The molecule has 0 unspecified atom stereocenters. The van der Waals surface area contributed by atoms with Crippen LogP contribution in [-0.2, 0) is 33.4 Å². The highest BCUT2D eigenvalue weighted by molar-refractivity contribution is 7.88. The summed E-state index contributed by atoms with van der Waals surface area (Å²) in [5.41, 5.74) is 4.27. The van der Waals surface area contributed by atoms with Gasteiger partial charge in [0, 0.05) is 18.8 Å². The average molecular weight is 399 g/mol. The quantitative estimate of drug-likeness (QED) is 0.840. The summed E-state index contributed by atoms with van der Waals surface area (Å²) in [5.74, 6) is -0.419. The fraction of sp³-hybridized carbons (Fsp3) is 0.409. The minimum absolute atomic E-state index is 0.0208. The largest absolute Gasteiger partial charge is 0.326 e. The molecule has 0 radical (unpaired) electrons. The highest BCUT2D eigenvalue weighted by Gasteiger charge is 2.32. The molecule has 1 saturated heterocycles. The number of amides is 1. The Bertz CT molecular complexity index is 957. The van der Waals surface area contributed by atoms with E-state index < -0.39 is 10.0 Å². The van der Waals surface area contributed by atoms with E-state index in [0.29, 0.717) is 19.4 Å². The van der Waals surface area contributed by atoms with Crippen molar-refractivity contribution in [3.05, 3.63) is 65.2 Å². The lowest BCUT2D eigenvalue weighted by Crippen LogP contribution is -2.44. The van der Waals surface area contributed by atoms with Gasteiger partial charge in [0.1, 0.15) is 0 Å². The molecular weight excluding hydrogens is 372 g/mol. The van der Waals surface area contributed by atoms with E-state index in [2.05, 4.69) is 17.4 Å². The van der Waals surface area contributed by atoms with Crippen LogP contribution in [0.15, 0.2) is 48.5 Å². The normalized spacial score (nSPS) is 19.9. The van der Waals surface area contributed by atoms with Crippen molar-refractivity contribution < 1.29 is 13.2 Å². The predicted octanol–water partition coefficient (Wildman–Crippen LogP) is 3.36. The topological polar surface area (TPSA) is 66.5 Å². The first-order chi connectivity index (χ1) is 13.5. The Kier molecular flexibility index (Phi) is 5.51. The molecule has 1 amide bonds. The Hall–Kier alpha value is -2.18. The van der Waals surface area contributed by atoms with Crippen molar-refractivity contribution in [1.82, 2.24) is 4.31 Å². The molecule has 1 atom stereocenters. The van der Waals surface area contributed by atoms with Crippen LogP contribution in [0.5, 0.6) is 0 Å². The third-order valence-corrected chi connectivity index (χ3v) is 7.52. The van der Waals surface area contributed by atoms with E-state index in [0.717, 1.165) is 24.1 Å². The van der Waals surface area contributed by atoms with Crippen LogP contribution in [0.2, 0.25) is 0 Å². The molecule has 28 heavy (non-hydrogen) atoms. The summed E-state index contributed by atoms with van der Waals surface area (Å²) in [5, 5.41) is 3.00. The van der Waals surface area contributed by atoms with Crippen LogP contribution in [0, 0.1) is 5.92 Å². The van der Waals surface area contributed by atoms with Crippen LogP contribution < -0.4 is 5.32 Å². The number of nitrogens with zero attached hydrogens (tertiary/aromatic N) is 1. The van der Waals surface area contributed by atoms with Gasteiger partial charge in [-0.15, -0.1) is 0 Å². The number of sulfonamides is 1. The molecule has 2 aromatic carbocycles. The van der Waals surface area contributed by atoms with Crippen LogP contribution in [0.3, 0.4) is 0 Å². The zero-order valence-electron chi connectivity index (χ0n) is 15.9. The zero-order chi connectivity index (χ0) is 19.6. The number of nitrogens with one attached hydrogen (secondary N) is 1. The fourth-order valence-corrected chi connectivity index (χ4v) is 5.79. The summed E-state index contributed by atoms with van der Waals surface area (Å²) >= 11 is 0. The van der Waals surface area contributed by atoms with Gasteiger partial charge in [0.25, 0.3) is 0 Å². The standard InChI is InChI=1S/C22H26N2O3S/c25-22(23-21-12-11-18-8-4-9-19(18)14-21)20-10-5-13-24(15-20)28(26,27)16-17-6-2-1-3-7-17/h1-3,6-7,11-12,14,20H,4-5,8-10,13,15-16H2,(H,23,25)/t20-/m0/s1. The average Bonchev–Trinajstić information content (AvgIpc) is 3.16. The first-order valence-electron chi connectivity index (χ1n) is 9.96. The van der Waals surface area contributed by atoms with Gasteiger partial charge in [-0.25, -0.2) is 12.7 Å². The summed E-state index contributed by atoms with van der Waals surface area (Å²) in [6, 6.07) is 15.3. The van der Waals surface area contributed by atoms with Gasteiger partial charge in [-0.05, 0) is 60.9 Å². The fourth-order valence-electron chi connectivity index (χ4n) is 4.18. The highest BCUT2D eigenvalue weighted by atomic mass is 32.2. The molecule has 4 rings (SSSR count). The third-order valence-electron chi connectivity index (χ3n) is 5.71. The molecule has 1 aliphatic carbocycles. The second-order valence-electron chi connectivity index (χ2n) is 7.77. The summed E-state index contributed by atoms with van der Waals surface area (Å²) in [4.78, 5) is 12.8. The van der Waals surface area contributed by atoms with Crippen molar-refractivity contribution >= 4 is 21.6 Å². The molecule has 0 aromatic heterocycles. The van der Waals surface area contributed by atoms with Crippen molar-refractivity contribution in [3.8, 4) is 0 Å². The van der Waals surface area contributed by atoms with Crippen molar-refractivity contribution in [3.63, 3.8) is 0 Å². The molecule has 0 bridgehead atoms. The summed E-state index contributed by atoms with van der Waals surface area (Å²) in [7, 11) is -3.43. The SMILES string of the molecule is O=C(Nc1ccc2c(c1)CCC2)[C@H]1CCCN(S(=O)(=O)Cc2ccccc2)C1. The van der Waals surface area contributed by atoms with Crippen LogP contribution >= 0.6 is 0 Å². The van der Waals surface area contributed by atoms with Gasteiger partial charge in [-0.1, -0.05) is 36.4 Å². The number of hydrogen-bond acceptors (Lipinski definition) is 3. The number of anilines is 1. The molecule has 1 N–H and O–H groups in total. The lowest BCUT2D eigenvalue weighted by atomic mass is 9.98. The number of benzene rings is 2. The summed E-state index contributed by atoms with van der Waals surface area (Å²) < 4.78 is 27.1. The van der Waals surface area contributed by atoms with Crippen molar-refractivity contribution in [2.75, 3.05) is 18.4 Å². The number of hydrogen-bond donors (Lipinski definition) is 1. The van der Waals surface area contributed by atoms with Crippen molar-refractivity contribution in [2.24, 2.45) is 5.92 Å². The van der Waals surface area contributed by atoms with E-state index in [4.69, 9.17) is 0 Å². The van der Waals surface area contributed by atoms with E-state index in [-0.39, 0.29) is 24.1 Å². The Labute approximate surface area is 166 Å².